The molecule has 4 nitrogen and oxygen atoms in total. The van der Waals surface area contributed by atoms with Crippen LogP contribution in [0.2, 0.25) is 5.02 Å². The van der Waals surface area contributed by atoms with Gasteiger partial charge in [0.05, 0.1) is 19.4 Å². The lowest BCUT2D eigenvalue weighted by atomic mass is 10.2. The molecule has 18 heavy (non-hydrogen) atoms. The first-order chi connectivity index (χ1) is 8.61. The van der Waals surface area contributed by atoms with Crippen LogP contribution in [-0.2, 0) is 25.7 Å². The van der Waals surface area contributed by atoms with E-state index >= 15 is 0 Å². The molecule has 0 atom stereocenters. The lowest BCUT2D eigenvalue weighted by Crippen LogP contribution is -2.10. The molecule has 0 heterocycles. The van der Waals surface area contributed by atoms with Gasteiger partial charge in [-0.3, -0.25) is 9.59 Å². The summed E-state index contributed by atoms with van der Waals surface area (Å²) in [7, 11) is 0. The maximum Gasteiger partial charge on any atom is 0.306 e. The van der Waals surface area contributed by atoms with Crippen LogP contribution in [-0.4, -0.2) is 18.5 Å². The summed E-state index contributed by atoms with van der Waals surface area (Å²) in [6.07, 6.45) is 0.0710. The van der Waals surface area contributed by atoms with E-state index in [1.807, 2.05) is 6.07 Å². The summed E-state index contributed by atoms with van der Waals surface area (Å²) < 4.78 is 9.71. The van der Waals surface area contributed by atoms with E-state index in [-0.39, 0.29) is 19.4 Å². The Morgan fingerprint density at radius 2 is 1.83 bits per heavy atom. The Hall–Kier alpha value is -1.55. The van der Waals surface area contributed by atoms with Crippen LogP contribution in [0.3, 0.4) is 0 Å². The lowest BCUT2D eigenvalue weighted by molar-refractivity contribution is -0.150. The molecule has 0 fully saturated rings. The Balaban J connectivity index is 2.27. The largest absolute Gasteiger partial charge is 0.466 e. The third-order valence-electron chi connectivity index (χ3n) is 2.13. The summed E-state index contributed by atoms with van der Waals surface area (Å²) in [5, 5.41) is 0.593. The number of hydrogen-bond acceptors (Lipinski definition) is 4. The van der Waals surface area contributed by atoms with Gasteiger partial charge in [0, 0.05) is 5.02 Å². The van der Waals surface area contributed by atoms with Crippen molar-refractivity contribution < 1.29 is 19.1 Å². The molecule has 1 aromatic rings. The van der Waals surface area contributed by atoms with Gasteiger partial charge in [-0.2, -0.15) is 0 Å². The minimum Gasteiger partial charge on any atom is -0.466 e. The predicted molar refractivity (Wildman–Crippen MR) is 67.1 cm³/mol. The highest BCUT2D eigenvalue weighted by Crippen LogP contribution is 2.11. The fourth-order valence-electron chi connectivity index (χ4n) is 1.30. The zero-order chi connectivity index (χ0) is 13.4. The maximum atomic E-state index is 11.3. The van der Waals surface area contributed by atoms with Crippen molar-refractivity contribution in [3.05, 3.63) is 34.9 Å². The molecule has 0 aliphatic heterocycles. The standard InChI is InChI=1S/C13H15ClO4/c1-2-17-12(15)6-7-13(16)18-9-10-4-3-5-11(14)8-10/h3-5,8H,2,6-7,9H2,1H3. The Morgan fingerprint density at radius 3 is 2.44 bits per heavy atom. The van der Waals surface area contributed by atoms with E-state index in [1.54, 1.807) is 25.1 Å². The van der Waals surface area contributed by atoms with Crippen molar-refractivity contribution in [3.63, 3.8) is 0 Å². The Kier molecular flexibility index (Phi) is 6.22. The summed E-state index contributed by atoms with van der Waals surface area (Å²) in [5.74, 6) is -0.819. The first-order valence-electron chi connectivity index (χ1n) is 5.67. The van der Waals surface area contributed by atoms with Crippen LogP contribution >= 0.6 is 11.6 Å². The van der Waals surface area contributed by atoms with E-state index < -0.39 is 11.9 Å². The smallest absolute Gasteiger partial charge is 0.306 e. The molecule has 0 bridgehead atoms. The predicted octanol–water partition coefficient (Wildman–Crippen LogP) is 2.73. The first kappa shape index (κ1) is 14.5. The highest BCUT2D eigenvalue weighted by atomic mass is 35.5. The Morgan fingerprint density at radius 1 is 1.17 bits per heavy atom. The number of ether oxygens (including phenoxy) is 2. The summed E-state index contributed by atoms with van der Waals surface area (Å²) >= 11 is 5.80. The molecule has 0 saturated carbocycles. The lowest BCUT2D eigenvalue weighted by Gasteiger charge is -2.05. The van der Waals surface area contributed by atoms with Crippen molar-refractivity contribution in [1.82, 2.24) is 0 Å². The van der Waals surface area contributed by atoms with Gasteiger partial charge in [0.1, 0.15) is 6.61 Å². The van der Waals surface area contributed by atoms with Gasteiger partial charge in [-0.15, -0.1) is 0 Å². The van der Waals surface area contributed by atoms with Gasteiger partial charge >= 0.3 is 11.9 Å². The van der Waals surface area contributed by atoms with Crippen LogP contribution in [0.4, 0.5) is 0 Å². The fourth-order valence-corrected chi connectivity index (χ4v) is 1.51. The van der Waals surface area contributed by atoms with E-state index in [9.17, 15) is 9.59 Å². The average molecular weight is 271 g/mol. The number of benzene rings is 1. The summed E-state index contributed by atoms with van der Waals surface area (Å²) in [5.41, 5.74) is 0.812. The highest BCUT2D eigenvalue weighted by molar-refractivity contribution is 6.30. The minimum absolute atomic E-state index is 0.0272. The molecular formula is C13H15ClO4. The second-order valence-electron chi connectivity index (χ2n) is 3.60. The van der Waals surface area contributed by atoms with E-state index in [4.69, 9.17) is 21.1 Å². The number of carbonyl (C=O) groups is 2. The maximum absolute atomic E-state index is 11.3. The van der Waals surface area contributed by atoms with Crippen molar-refractivity contribution in [2.75, 3.05) is 6.61 Å². The molecule has 0 spiro atoms. The number of rotatable bonds is 6. The van der Waals surface area contributed by atoms with Crippen LogP contribution < -0.4 is 0 Å². The number of hydrogen-bond donors (Lipinski definition) is 0. The zero-order valence-electron chi connectivity index (χ0n) is 10.1. The molecule has 0 aliphatic carbocycles. The van der Waals surface area contributed by atoms with Crippen LogP contribution in [0.5, 0.6) is 0 Å². The van der Waals surface area contributed by atoms with Gasteiger partial charge in [-0.25, -0.2) is 0 Å². The van der Waals surface area contributed by atoms with Crippen LogP contribution in [0.25, 0.3) is 0 Å². The fraction of sp³-hybridized carbons (Fsp3) is 0.385. The zero-order valence-corrected chi connectivity index (χ0v) is 10.9. The first-order valence-corrected chi connectivity index (χ1v) is 6.05. The Bertz CT molecular complexity index is 417. The summed E-state index contributed by atoms with van der Waals surface area (Å²) in [4.78, 5) is 22.4. The summed E-state index contributed by atoms with van der Waals surface area (Å²) in [6, 6.07) is 7.06. The molecule has 0 unspecified atom stereocenters. The normalized spacial score (nSPS) is 9.89. The quantitative estimate of drug-likeness (QED) is 0.746. The van der Waals surface area contributed by atoms with Gasteiger partial charge in [0.2, 0.25) is 0 Å². The molecule has 0 N–H and O–H groups in total. The minimum atomic E-state index is -0.428. The average Bonchev–Trinajstić information content (AvgIpc) is 2.34. The third kappa shape index (κ3) is 5.68. The van der Waals surface area contributed by atoms with E-state index in [2.05, 4.69) is 0 Å². The van der Waals surface area contributed by atoms with Crippen molar-refractivity contribution in [1.29, 1.82) is 0 Å². The van der Waals surface area contributed by atoms with Crippen molar-refractivity contribution >= 4 is 23.5 Å². The van der Waals surface area contributed by atoms with Crippen molar-refractivity contribution in [2.45, 2.75) is 26.4 Å². The molecule has 0 aliphatic rings. The van der Waals surface area contributed by atoms with Gasteiger partial charge in [0.25, 0.3) is 0 Å². The van der Waals surface area contributed by atoms with Gasteiger partial charge in [0.15, 0.2) is 0 Å². The molecule has 5 heteroatoms. The van der Waals surface area contributed by atoms with Crippen molar-refractivity contribution in [3.8, 4) is 0 Å². The second kappa shape index (κ2) is 7.71. The van der Waals surface area contributed by atoms with Crippen LogP contribution in [0.1, 0.15) is 25.3 Å². The number of esters is 2. The molecule has 0 saturated heterocycles. The van der Waals surface area contributed by atoms with Gasteiger partial charge < -0.3 is 9.47 Å². The van der Waals surface area contributed by atoms with Crippen LogP contribution in [0, 0.1) is 0 Å². The molecule has 1 rings (SSSR count). The molecule has 0 aromatic heterocycles. The van der Waals surface area contributed by atoms with E-state index in [0.717, 1.165) is 5.56 Å². The number of halogens is 1. The van der Waals surface area contributed by atoms with E-state index in [0.29, 0.717) is 11.6 Å². The second-order valence-corrected chi connectivity index (χ2v) is 4.03. The third-order valence-corrected chi connectivity index (χ3v) is 2.36. The SMILES string of the molecule is CCOC(=O)CCC(=O)OCc1cccc(Cl)c1. The molecule has 1 aromatic carbocycles. The molecule has 98 valence electrons. The summed E-state index contributed by atoms with van der Waals surface area (Å²) in [6.45, 7) is 2.19. The van der Waals surface area contributed by atoms with Gasteiger partial charge in [-0.05, 0) is 24.6 Å². The van der Waals surface area contributed by atoms with Gasteiger partial charge in [-0.1, -0.05) is 23.7 Å². The molecule has 0 amide bonds. The topological polar surface area (TPSA) is 52.6 Å². The Labute approximate surface area is 111 Å². The van der Waals surface area contributed by atoms with E-state index in [1.165, 1.54) is 0 Å². The molecular weight excluding hydrogens is 256 g/mol. The van der Waals surface area contributed by atoms with Crippen molar-refractivity contribution in [2.24, 2.45) is 0 Å². The number of carbonyl (C=O) groups excluding carboxylic acids is 2. The highest BCUT2D eigenvalue weighted by Gasteiger charge is 2.08. The van der Waals surface area contributed by atoms with Crippen LogP contribution in [0.15, 0.2) is 24.3 Å². The monoisotopic (exact) mass is 270 g/mol. The molecule has 0 radical (unpaired) electrons.